The Hall–Kier alpha value is -3.22. The van der Waals surface area contributed by atoms with Crippen LogP contribution < -0.4 is 10.9 Å². The molecule has 1 aliphatic rings. The third-order valence-electron chi connectivity index (χ3n) is 3.97. The molecule has 7 heteroatoms. The zero-order chi connectivity index (χ0) is 16.5. The number of rotatable bonds is 3. The standard InChI is InChI=1S/C17H16N6O/c1-11-19-8-9-23(11)13-4-2-12(3-5-13)20-17-21-15-6-7-18-10-14(15)16(24)22-17/h2-5,8-10H,6-7H2,1H3,(H2,20,21,22,24). The zero-order valence-corrected chi connectivity index (χ0v) is 13.2. The van der Waals surface area contributed by atoms with Crippen molar-refractivity contribution in [3.05, 3.63) is 64.1 Å². The molecule has 0 radical (unpaired) electrons. The SMILES string of the molecule is Cc1nccn1-c1ccc(Nc2nc3c(c(=O)[nH]2)C=NCC3)cc1. The number of anilines is 2. The Kier molecular flexibility index (Phi) is 3.45. The van der Waals surface area contributed by atoms with Gasteiger partial charge in [0.2, 0.25) is 5.95 Å². The quantitative estimate of drug-likeness (QED) is 0.772. The fourth-order valence-corrected chi connectivity index (χ4v) is 2.73. The Morgan fingerprint density at radius 2 is 2.08 bits per heavy atom. The van der Waals surface area contributed by atoms with Crippen molar-refractivity contribution in [2.24, 2.45) is 4.99 Å². The predicted octanol–water partition coefficient (Wildman–Crippen LogP) is 1.98. The summed E-state index contributed by atoms with van der Waals surface area (Å²) in [6.07, 6.45) is 5.97. The maximum atomic E-state index is 12.1. The fourth-order valence-electron chi connectivity index (χ4n) is 2.73. The summed E-state index contributed by atoms with van der Waals surface area (Å²) in [4.78, 5) is 27.7. The van der Waals surface area contributed by atoms with Crippen LogP contribution in [0.5, 0.6) is 0 Å². The van der Waals surface area contributed by atoms with Gasteiger partial charge in [-0.05, 0) is 31.2 Å². The molecule has 3 aromatic rings. The number of fused-ring (bicyclic) bond motifs is 1. The van der Waals surface area contributed by atoms with Gasteiger partial charge in [-0.25, -0.2) is 9.97 Å². The molecule has 0 bridgehead atoms. The number of imidazole rings is 1. The van der Waals surface area contributed by atoms with Crippen LogP contribution in [0.3, 0.4) is 0 Å². The van der Waals surface area contributed by atoms with Crippen LogP contribution in [0.25, 0.3) is 5.69 Å². The van der Waals surface area contributed by atoms with Crippen LogP contribution in [0.2, 0.25) is 0 Å². The number of H-pyrrole nitrogens is 1. The molecule has 0 saturated carbocycles. The summed E-state index contributed by atoms with van der Waals surface area (Å²) in [7, 11) is 0. The van der Waals surface area contributed by atoms with Gasteiger partial charge in [0.05, 0.1) is 11.3 Å². The van der Waals surface area contributed by atoms with Gasteiger partial charge in [-0.15, -0.1) is 0 Å². The number of benzene rings is 1. The van der Waals surface area contributed by atoms with Gasteiger partial charge in [0.25, 0.3) is 5.56 Å². The van der Waals surface area contributed by atoms with E-state index in [0.717, 1.165) is 22.9 Å². The monoisotopic (exact) mass is 320 g/mol. The normalized spacial score (nSPS) is 12.9. The second-order valence-corrected chi connectivity index (χ2v) is 5.58. The number of hydrogen-bond acceptors (Lipinski definition) is 5. The van der Waals surface area contributed by atoms with E-state index < -0.39 is 0 Å². The van der Waals surface area contributed by atoms with Crippen LogP contribution in [0, 0.1) is 6.92 Å². The van der Waals surface area contributed by atoms with Crippen molar-refractivity contribution in [1.29, 1.82) is 0 Å². The molecule has 1 aliphatic heterocycles. The maximum Gasteiger partial charge on any atom is 0.261 e. The molecule has 4 rings (SSSR count). The van der Waals surface area contributed by atoms with E-state index in [1.807, 2.05) is 42.0 Å². The smallest absolute Gasteiger partial charge is 0.261 e. The summed E-state index contributed by atoms with van der Waals surface area (Å²) in [5.41, 5.74) is 3.04. The molecule has 120 valence electrons. The highest BCUT2D eigenvalue weighted by molar-refractivity contribution is 5.81. The Balaban J connectivity index is 1.60. The second kappa shape index (κ2) is 5.77. The molecular weight excluding hydrogens is 304 g/mol. The number of aliphatic imine (C=N–C) groups is 1. The highest BCUT2D eigenvalue weighted by atomic mass is 16.1. The van der Waals surface area contributed by atoms with Crippen LogP contribution in [-0.2, 0) is 6.42 Å². The molecule has 0 fully saturated rings. The molecule has 1 aromatic carbocycles. The molecule has 0 aliphatic carbocycles. The number of nitrogens with one attached hydrogen (secondary N) is 2. The predicted molar refractivity (Wildman–Crippen MR) is 92.6 cm³/mol. The minimum atomic E-state index is -0.170. The van der Waals surface area contributed by atoms with Gasteiger partial charge in [0.15, 0.2) is 0 Å². The van der Waals surface area contributed by atoms with Crippen molar-refractivity contribution in [3.8, 4) is 5.69 Å². The third-order valence-corrected chi connectivity index (χ3v) is 3.97. The summed E-state index contributed by atoms with van der Waals surface area (Å²) in [5.74, 6) is 1.37. The lowest BCUT2D eigenvalue weighted by molar-refractivity contribution is 0.885. The summed E-state index contributed by atoms with van der Waals surface area (Å²) in [5, 5.41) is 3.15. The van der Waals surface area contributed by atoms with E-state index in [1.165, 1.54) is 0 Å². The molecule has 24 heavy (non-hydrogen) atoms. The van der Waals surface area contributed by atoms with Gasteiger partial charge in [-0.2, -0.15) is 0 Å². The molecule has 3 heterocycles. The summed E-state index contributed by atoms with van der Waals surface area (Å²) < 4.78 is 2.00. The maximum absolute atomic E-state index is 12.1. The lowest BCUT2D eigenvalue weighted by atomic mass is 10.1. The minimum Gasteiger partial charge on any atom is -0.326 e. The molecule has 2 aromatic heterocycles. The average molecular weight is 320 g/mol. The largest absolute Gasteiger partial charge is 0.326 e. The number of nitrogens with zero attached hydrogens (tertiary/aromatic N) is 4. The lowest BCUT2D eigenvalue weighted by Crippen LogP contribution is -2.22. The van der Waals surface area contributed by atoms with Crippen molar-refractivity contribution in [2.75, 3.05) is 11.9 Å². The van der Waals surface area contributed by atoms with Crippen molar-refractivity contribution >= 4 is 17.9 Å². The Bertz CT molecular complexity index is 967. The van der Waals surface area contributed by atoms with Crippen molar-refractivity contribution in [2.45, 2.75) is 13.3 Å². The van der Waals surface area contributed by atoms with Crippen LogP contribution >= 0.6 is 0 Å². The second-order valence-electron chi connectivity index (χ2n) is 5.58. The first-order chi connectivity index (χ1) is 11.7. The van der Waals surface area contributed by atoms with Crippen molar-refractivity contribution in [1.82, 2.24) is 19.5 Å². The molecule has 0 atom stereocenters. The first kappa shape index (κ1) is 14.4. The van der Waals surface area contributed by atoms with Gasteiger partial charge in [-0.1, -0.05) is 0 Å². The average Bonchev–Trinajstić information content (AvgIpc) is 3.02. The van der Waals surface area contributed by atoms with Crippen LogP contribution in [0.1, 0.15) is 17.1 Å². The van der Waals surface area contributed by atoms with Gasteiger partial charge in [0, 0.05) is 42.9 Å². The molecule has 7 nitrogen and oxygen atoms in total. The minimum absolute atomic E-state index is 0.170. The highest BCUT2D eigenvalue weighted by Gasteiger charge is 2.12. The van der Waals surface area contributed by atoms with Gasteiger partial charge in [-0.3, -0.25) is 14.8 Å². The van der Waals surface area contributed by atoms with E-state index in [-0.39, 0.29) is 5.56 Å². The summed E-state index contributed by atoms with van der Waals surface area (Å²) in [6.45, 7) is 2.62. The van der Waals surface area contributed by atoms with Gasteiger partial charge >= 0.3 is 0 Å². The molecular formula is C17H16N6O. The van der Waals surface area contributed by atoms with E-state index in [4.69, 9.17) is 0 Å². The number of aryl methyl sites for hydroxylation is 1. The molecule has 0 amide bonds. The Morgan fingerprint density at radius 1 is 1.25 bits per heavy atom. The summed E-state index contributed by atoms with van der Waals surface area (Å²) >= 11 is 0. The molecule has 0 saturated heterocycles. The molecule has 0 unspecified atom stereocenters. The first-order valence-corrected chi connectivity index (χ1v) is 7.71. The van der Waals surface area contributed by atoms with Crippen LogP contribution in [0.15, 0.2) is 46.4 Å². The fraction of sp³-hybridized carbons (Fsp3) is 0.176. The lowest BCUT2D eigenvalue weighted by Gasteiger charge is -2.12. The molecule has 2 N–H and O–H groups in total. The molecule has 0 spiro atoms. The van der Waals surface area contributed by atoms with E-state index in [9.17, 15) is 4.79 Å². The first-order valence-electron chi connectivity index (χ1n) is 7.71. The third kappa shape index (κ3) is 2.60. The topological polar surface area (TPSA) is 88.0 Å². The van der Waals surface area contributed by atoms with E-state index in [0.29, 0.717) is 24.5 Å². The highest BCUT2D eigenvalue weighted by Crippen LogP contribution is 2.17. The van der Waals surface area contributed by atoms with Crippen LogP contribution in [0.4, 0.5) is 11.6 Å². The van der Waals surface area contributed by atoms with E-state index in [1.54, 1.807) is 12.4 Å². The van der Waals surface area contributed by atoms with E-state index in [2.05, 4.69) is 25.3 Å². The summed E-state index contributed by atoms with van der Waals surface area (Å²) in [6, 6.07) is 7.85. The Morgan fingerprint density at radius 3 is 2.83 bits per heavy atom. The van der Waals surface area contributed by atoms with Crippen molar-refractivity contribution < 1.29 is 0 Å². The zero-order valence-electron chi connectivity index (χ0n) is 13.2. The van der Waals surface area contributed by atoms with Gasteiger partial charge in [0.1, 0.15) is 5.82 Å². The van der Waals surface area contributed by atoms with Crippen molar-refractivity contribution in [3.63, 3.8) is 0 Å². The van der Waals surface area contributed by atoms with E-state index >= 15 is 0 Å². The van der Waals surface area contributed by atoms with Crippen LogP contribution in [-0.4, -0.2) is 32.3 Å². The Labute approximate surface area is 138 Å². The number of aromatic nitrogens is 4. The van der Waals surface area contributed by atoms with Gasteiger partial charge < -0.3 is 9.88 Å². The number of hydrogen-bond donors (Lipinski definition) is 2. The number of aromatic amines is 1.